The Balaban J connectivity index is 2.07. The van der Waals surface area contributed by atoms with Crippen LogP contribution in [-0.4, -0.2) is 28.8 Å². The van der Waals surface area contributed by atoms with Crippen molar-refractivity contribution in [3.05, 3.63) is 30.1 Å². The van der Waals surface area contributed by atoms with Gasteiger partial charge in [-0.1, -0.05) is 6.92 Å². The molecule has 1 aromatic heterocycles. The maximum atomic E-state index is 13.4. The number of aromatic nitrogens is 2. The normalized spacial score (nSPS) is 19.6. The maximum absolute atomic E-state index is 13.4. The second-order valence-corrected chi connectivity index (χ2v) is 5.04. The first-order valence-electron chi connectivity index (χ1n) is 6.43. The van der Waals surface area contributed by atoms with Gasteiger partial charge in [-0.05, 0) is 6.07 Å². The molecule has 1 fully saturated rings. The summed E-state index contributed by atoms with van der Waals surface area (Å²) < 4.78 is 26.7. The Hall–Kier alpha value is -2.11. The summed E-state index contributed by atoms with van der Waals surface area (Å²) in [5.74, 6) is -1.16. The van der Waals surface area contributed by atoms with Gasteiger partial charge in [0.25, 0.3) is 0 Å². The number of Topliss-reactive ketones (excluding diaryl/α,β-unsaturated/α-hetero) is 1. The average Bonchev–Trinajstić information content (AvgIpc) is 2.43. The predicted octanol–water partition coefficient (Wildman–Crippen LogP) is 2.32. The summed E-state index contributed by atoms with van der Waals surface area (Å²) in [5, 5.41) is 0.466. The molecule has 0 spiro atoms. The Labute approximate surface area is 114 Å². The lowest BCUT2D eigenvalue weighted by atomic mass is 9.98. The summed E-state index contributed by atoms with van der Waals surface area (Å²) >= 11 is 0. The van der Waals surface area contributed by atoms with Crippen LogP contribution in [0.5, 0.6) is 0 Å². The third-order valence-electron chi connectivity index (χ3n) is 3.63. The number of nitrogens with zero attached hydrogens (tertiary/aromatic N) is 3. The van der Waals surface area contributed by atoms with Crippen LogP contribution in [0, 0.1) is 17.6 Å². The summed E-state index contributed by atoms with van der Waals surface area (Å²) in [6, 6.07) is 2.18. The fraction of sp³-hybridized carbons (Fsp3) is 0.357. The first-order chi connectivity index (χ1) is 9.56. The zero-order valence-corrected chi connectivity index (χ0v) is 10.9. The van der Waals surface area contributed by atoms with E-state index in [4.69, 9.17) is 0 Å². The van der Waals surface area contributed by atoms with E-state index in [0.717, 1.165) is 12.1 Å². The van der Waals surface area contributed by atoms with Crippen molar-refractivity contribution in [1.29, 1.82) is 0 Å². The summed E-state index contributed by atoms with van der Waals surface area (Å²) in [5.41, 5.74) is 0.360. The molecule has 3 rings (SSSR count). The van der Waals surface area contributed by atoms with E-state index in [1.54, 1.807) is 0 Å². The van der Waals surface area contributed by atoms with Gasteiger partial charge in [0.05, 0.1) is 5.52 Å². The molecular weight excluding hydrogens is 264 g/mol. The van der Waals surface area contributed by atoms with Gasteiger partial charge in [0, 0.05) is 36.9 Å². The van der Waals surface area contributed by atoms with Crippen molar-refractivity contribution in [2.75, 3.05) is 18.0 Å². The molecule has 0 aliphatic carbocycles. The Morgan fingerprint density at radius 2 is 2.00 bits per heavy atom. The number of rotatable bonds is 1. The first-order valence-corrected chi connectivity index (χ1v) is 6.43. The molecule has 0 saturated carbocycles. The van der Waals surface area contributed by atoms with Crippen molar-refractivity contribution in [3.8, 4) is 0 Å². The lowest BCUT2D eigenvalue weighted by Crippen LogP contribution is -2.40. The van der Waals surface area contributed by atoms with Gasteiger partial charge in [-0.25, -0.2) is 18.7 Å². The highest BCUT2D eigenvalue weighted by molar-refractivity contribution is 5.91. The van der Waals surface area contributed by atoms with E-state index in [1.807, 2.05) is 11.8 Å². The SMILES string of the molecule is CC1CN(c2ncnc3cc(F)c(F)cc23)CCC1=O. The zero-order valence-electron chi connectivity index (χ0n) is 10.9. The molecule has 104 valence electrons. The molecule has 4 nitrogen and oxygen atoms in total. The summed E-state index contributed by atoms with van der Waals surface area (Å²) in [6.07, 6.45) is 1.77. The Morgan fingerprint density at radius 1 is 1.25 bits per heavy atom. The third kappa shape index (κ3) is 2.11. The van der Waals surface area contributed by atoms with Crippen LogP contribution < -0.4 is 4.90 Å². The van der Waals surface area contributed by atoms with Gasteiger partial charge < -0.3 is 4.90 Å². The molecular formula is C14H13F2N3O. The predicted molar refractivity (Wildman–Crippen MR) is 70.5 cm³/mol. The maximum Gasteiger partial charge on any atom is 0.161 e. The third-order valence-corrected chi connectivity index (χ3v) is 3.63. The number of halogens is 2. The van der Waals surface area contributed by atoms with Gasteiger partial charge in [0.15, 0.2) is 11.6 Å². The van der Waals surface area contributed by atoms with Crippen molar-refractivity contribution >= 4 is 22.5 Å². The monoisotopic (exact) mass is 277 g/mol. The van der Waals surface area contributed by atoms with Crippen molar-refractivity contribution in [2.45, 2.75) is 13.3 Å². The van der Waals surface area contributed by atoms with E-state index < -0.39 is 11.6 Å². The number of anilines is 1. The minimum Gasteiger partial charge on any atom is -0.355 e. The molecule has 2 heterocycles. The van der Waals surface area contributed by atoms with Crippen LogP contribution in [-0.2, 0) is 4.79 Å². The summed E-state index contributed by atoms with van der Waals surface area (Å²) in [6.45, 7) is 2.93. The lowest BCUT2D eigenvalue weighted by Gasteiger charge is -2.31. The number of benzene rings is 1. The van der Waals surface area contributed by atoms with Gasteiger partial charge >= 0.3 is 0 Å². The van der Waals surface area contributed by atoms with Gasteiger partial charge in [-0.3, -0.25) is 4.79 Å². The second-order valence-electron chi connectivity index (χ2n) is 5.04. The Kier molecular flexibility index (Phi) is 3.08. The summed E-state index contributed by atoms with van der Waals surface area (Å²) in [7, 11) is 0. The number of ketones is 1. The van der Waals surface area contributed by atoms with Crippen LogP contribution in [0.3, 0.4) is 0 Å². The fourth-order valence-corrected chi connectivity index (χ4v) is 2.50. The van der Waals surface area contributed by atoms with E-state index in [2.05, 4.69) is 9.97 Å². The van der Waals surface area contributed by atoms with Crippen LogP contribution in [0.15, 0.2) is 18.5 Å². The van der Waals surface area contributed by atoms with E-state index in [1.165, 1.54) is 6.33 Å². The molecule has 0 radical (unpaired) electrons. The molecule has 1 aliphatic rings. The molecule has 1 aromatic carbocycles. The second kappa shape index (κ2) is 4.77. The molecule has 0 N–H and O–H groups in total. The number of piperidine rings is 1. The zero-order chi connectivity index (χ0) is 14.3. The molecule has 20 heavy (non-hydrogen) atoms. The highest BCUT2D eigenvalue weighted by Crippen LogP contribution is 2.27. The standard InChI is InChI=1S/C14H13F2N3O/c1-8-6-19(3-2-13(8)20)14-9-4-10(15)11(16)5-12(9)17-7-18-14/h4-5,7-8H,2-3,6H2,1H3. The van der Waals surface area contributed by atoms with E-state index >= 15 is 0 Å². The number of carbonyl (C=O) groups excluding carboxylic acids is 1. The molecule has 0 amide bonds. The quantitative estimate of drug-likeness (QED) is 0.802. The Bertz CT molecular complexity index is 689. The van der Waals surface area contributed by atoms with Crippen LogP contribution in [0.2, 0.25) is 0 Å². The smallest absolute Gasteiger partial charge is 0.161 e. The number of carbonyl (C=O) groups is 1. The summed E-state index contributed by atoms with van der Waals surface area (Å²) in [4.78, 5) is 21.6. The minimum absolute atomic E-state index is 0.0842. The van der Waals surface area contributed by atoms with Crippen molar-refractivity contribution < 1.29 is 13.6 Å². The lowest BCUT2D eigenvalue weighted by molar-refractivity contribution is -0.122. The van der Waals surface area contributed by atoms with Gasteiger partial charge in [-0.15, -0.1) is 0 Å². The van der Waals surface area contributed by atoms with Crippen LogP contribution in [0.4, 0.5) is 14.6 Å². The van der Waals surface area contributed by atoms with Crippen molar-refractivity contribution in [3.63, 3.8) is 0 Å². The fourth-order valence-electron chi connectivity index (χ4n) is 2.50. The molecule has 1 aliphatic heterocycles. The van der Waals surface area contributed by atoms with Gasteiger partial charge in [-0.2, -0.15) is 0 Å². The molecule has 1 atom stereocenters. The number of fused-ring (bicyclic) bond motifs is 1. The van der Waals surface area contributed by atoms with Crippen molar-refractivity contribution in [2.24, 2.45) is 5.92 Å². The molecule has 6 heteroatoms. The highest BCUT2D eigenvalue weighted by atomic mass is 19.2. The highest BCUT2D eigenvalue weighted by Gasteiger charge is 2.25. The largest absolute Gasteiger partial charge is 0.355 e. The van der Waals surface area contributed by atoms with Crippen molar-refractivity contribution in [1.82, 2.24) is 9.97 Å². The van der Waals surface area contributed by atoms with E-state index in [0.29, 0.717) is 36.2 Å². The van der Waals surface area contributed by atoms with E-state index in [-0.39, 0.29) is 11.7 Å². The number of hydrogen-bond acceptors (Lipinski definition) is 4. The van der Waals surface area contributed by atoms with E-state index in [9.17, 15) is 13.6 Å². The molecule has 1 saturated heterocycles. The molecule has 1 unspecified atom stereocenters. The topological polar surface area (TPSA) is 46.1 Å². The van der Waals surface area contributed by atoms with Crippen LogP contribution in [0.1, 0.15) is 13.3 Å². The first kappa shape index (κ1) is 12.9. The molecule has 2 aromatic rings. The van der Waals surface area contributed by atoms with Crippen LogP contribution >= 0.6 is 0 Å². The van der Waals surface area contributed by atoms with Gasteiger partial charge in [0.2, 0.25) is 0 Å². The molecule has 0 bridgehead atoms. The number of hydrogen-bond donors (Lipinski definition) is 0. The minimum atomic E-state index is -0.927. The van der Waals surface area contributed by atoms with Gasteiger partial charge in [0.1, 0.15) is 17.9 Å². The van der Waals surface area contributed by atoms with Crippen LogP contribution in [0.25, 0.3) is 10.9 Å². The average molecular weight is 277 g/mol. The Morgan fingerprint density at radius 3 is 2.75 bits per heavy atom.